The number of benzene rings is 3. The molecule has 3 aromatic carbocycles. The highest BCUT2D eigenvalue weighted by Crippen LogP contribution is 2.46. The van der Waals surface area contributed by atoms with Crippen molar-refractivity contribution in [1.82, 2.24) is 25.7 Å². The van der Waals surface area contributed by atoms with Gasteiger partial charge in [0.25, 0.3) is 0 Å². The van der Waals surface area contributed by atoms with Crippen LogP contribution in [0.1, 0.15) is 35.4 Å². The van der Waals surface area contributed by atoms with E-state index in [9.17, 15) is 18.4 Å². The Kier molecular flexibility index (Phi) is 6.17. The molecule has 2 heterocycles. The molecule has 0 radical (unpaired) electrons. The van der Waals surface area contributed by atoms with Crippen molar-refractivity contribution in [3.8, 4) is 5.75 Å². The fourth-order valence-corrected chi connectivity index (χ4v) is 5.35. The van der Waals surface area contributed by atoms with E-state index in [1.807, 2.05) is 59.4 Å². The van der Waals surface area contributed by atoms with Gasteiger partial charge >= 0.3 is 6.03 Å². The number of methoxy groups -OCH3 is 1. The van der Waals surface area contributed by atoms with Gasteiger partial charge in [-0.3, -0.25) is 9.48 Å². The van der Waals surface area contributed by atoms with Crippen molar-refractivity contribution in [2.75, 3.05) is 13.7 Å². The Morgan fingerprint density at radius 3 is 2.56 bits per heavy atom. The Morgan fingerprint density at radius 2 is 1.87 bits per heavy atom. The molecule has 1 aliphatic heterocycles. The number of urea groups is 1. The van der Waals surface area contributed by atoms with E-state index in [2.05, 4.69) is 21.0 Å². The van der Waals surface area contributed by atoms with Gasteiger partial charge in [0.15, 0.2) is 0 Å². The van der Waals surface area contributed by atoms with Crippen molar-refractivity contribution in [1.29, 1.82) is 0 Å². The van der Waals surface area contributed by atoms with Gasteiger partial charge in [-0.05, 0) is 30.0 Å². The topological polar surface area (TPSA) is 97.3 Å². The van der Waals surface area contributed by atoms with Crippen molar-refractivity contribution in [3.05, 3.63) is 95.2 Å². The number of rotatable bonds is 7. The minimum Gasteiger partial charge on any atom is -0.497 e. The van der Waals surface area contributed by atoms with Crippen LogP contribution in [0.2, 0.25) is 0 Å². The number of nitrogens with zero attached hydrogens (tertiary/aromatic N) is 2. The van der Waals surface area contributed by atoms with E-state index in [0.717, 1.165) is 47.0 Å². The van der Waals surface area contributed by atoms with E-state index in [1.165, 1.54) is 7.11 Å². The SMILES string of the molecule is COc1cc(F)c([C@@H]2CNC(=O)[C@H]2NC(=O)NC2(c3ccc4cnn(Cc5ccccc5)c4c3)CC2)c(F)c1. The average molecular weight is 532 g/mol. The molecular formula is C29H27F2N5O3. The van der Waals surface area contributed by atoms with Crippen LogP contribution in [-0.2, 0) is 16.9 Å². The van der Waals surface area contributed by atoms with Crippen LogP contribution in [0, 0.1) is 11.6 Å². The van der Waals surface area contributed by atoms with Crippen LogP contribution in [0.15, 0.2) is 66.9 Å². The first-order chi connectivity index (χ1) is 18.9. The minimum atomic E-state index is -1.13. The highest BCUT2D eigenvalue weighted by atomic mass is 19.1. The Balaban J connectivity index is 1.20. The quantitative estimate of drug-likeness (QED) is 0.337. The molecule has 2 atom stereocenters. The Hall–Kier alpha value is -4.47. The van der Waals surface area contributed by atoms with E-state index in [-0.39, 0.29) is 17.9 Å². The van der Waals surface area contributed by atoms with Crippen molar-refractivity contribution >= 4 is 22.8 Å². The molecule has 1 saturated carbocycles. The first kappa shape index (κ1) is 24.8. The Labute approximate surface area is 223 Å². The molecule has 0 bridgehead atoms. The summed E-state index contributed by atoms with van der Waals surface area (Å²) in [7, 11) is 1.31. The number of aromatic nitrogens is 2. The van der Waals surface area contributed by atoms with E-state index >= 15 is 0 Å². The fourth-order valence-electron chi connectivity index (χ4n) is 5.35. The predicted molar refractivity (Wildman–Crippen MR) is 140 cm³/mol. The Morgan fingerprint density at radius 1 is 1.13 bits per heavy atom. The number of nitrogens with one attached hydrogen (secondary N) is 3. The molecule has 0 unspecified atom stereocenters. The summed E-state index contributed by atoms with van der Waals surface area (Å²) in [4.78, 5) is 25.7. The van der Waals surface area contributed by atoms with Gasteiger partial charge in [-0.1, -0.05) is 42.5 Å². The lowest BCUT2D eigenvalue weighted by Crippen LogP contribution is -2.50. The van der Waals surface area contributed by atoms with Gasteiger partial charge in [-0.25, -0.2) is 13.6 Å². The van der Waals surface area contributed by atoms with Gasteiger partial charge in [-0.15, -0.1) is 0 Å². The van der Waals surface area contributed by atoms with Crippen LogP contribution in [0.3, 0.4) is 0 Å². The van der Waals surface area contributed by atoms with Crippen molar-refractivity contribution < 1.29 is 23.1 Å². The summed E-state index contributed by atoms with van der Waals surface area (Å²) in [6.07, 6.45) is 3.26. The molecule has 1 saturated heterocycles. The zero-order valence-corrected chi connectivity index (χ0v) is 21.2. The van der Waals surface area contributed by atoms with Crippen molar-refractivity contribution in [3.63, 3.8) is 0 Å². The molecular weight excluding hydrogens is 504 g/mol. The minimum absolute atomic E-state index is 0.00281. The molecule has 3 amide bonds. The summed E-state index contributed by atoms with van der Waals surface area (Å²) in [6.45, 7) is 0.614. The van der Waals surface area contributed by atoms with Crippen molar-refractivity contribution in [2.24, 2.45) is 0 Å². The summed E-state index contributed by atoms with van der Waals surface area (Å²) < 4.78 is 36.4. The fraction of sp³-hybridized carbons (Fsp3) is 0.276. The third-order valence-electron chi connectivity index (χ3n) is 7.60. The van der Waals surface area contributed by atoms with Crippen LogP contribution < -0.4 is 20.7 Å². The number of fused-ring (bicyclic) bond motifs is 1. The average Bonchev–Trinajstić information content (AvgIpc) is 3.48. The summed E-state index contributed by atoms with van der Waals surface area (Å²) in [5, 5.41) is 13.8. The van der Waals surface area contributed by atoms with E-state index in [4.69, 9.17) is 4.74 Å². The maximum atomic E-state index is 14.8. The standard InChI is InChI=1S/C29H27F2N5O3/c1-39-20-12-22(30)25(23(31)13-20)21-15-32-27(37)26(21)34-28(38)35-29(9-10-29)19-8-7-18-14-33-36(24(18)11-19)16-17-5-3-2-4-6-17/h2-8,11-14,21,26H,9-10,15-16H2,1H3,(H,32,37)(H2,34,35,38)/t21-,26-/m0/s1. The molecule has 200 valence electrons. The molecule has 10 heteroatoms. The normalized spacial score (nSPS) is 19.5. The molecule has 8 nitrogen and oxygen atoms in total. The molecule has 3 N–H and O–H groups in total. The number of hydrogen-bond donors (Lipinski definition) is 3. The first-order valence-corrected chi connectivity index (χ1v) is 12.8. The predicted octanol–water partition coefficient (Wildman–Crippen LogP) is 3.94. The maximum Gasteiger partial charge on any atom is 0.316 e. The lowest BCUT2D eigenvalue weighted by molar-refractivity contribution is -0.120. The molecule has 1 aliphatic carbocycles. The highest BCUT2D eigenvalue weighted by molar-refractivity contribution is 5.90. The molecule has 2 fully saturated rings. The lowest BCUT2D eigenvalue weighted by atomic mass is 9.92. The zero-order chi connectivity index (χ0) is 27.1. The molecule has 39 heavy (non-hydrogen) atoms. The number of halogens is 2. The summed E-state index contributed by atoms with van der Waals surface area (Å²) in [5.41, 5.74) is 2.14. The molecule has 0 spiro atoms. The summed E-state index contributed by atoms with van der Waals surface area (Å²) in [5.74, 6) is -3.04. The number of carbonyl (C=O) groups excluding carboxylic acids is 2. The van der Waals surface area contributed by atoms with E-state index in [1.54, 1.807) is 0 Å². The smallest absolute Gasteiger partial charge is 0.316 e. The maximum absolute atomic E-state index is 14.8. The van der Waals surface area contributed by atoms with Crippen molar-refractivity contribution in [2.45, 2.75) is 36.9 Å². The summed E-state index contributed by atoms with van der Waals surface area (Å²) in [6, 6.07) is 16.4. The Bertz CT molecular complexity index is 1540. The lowest BCUT2D eigenvalue weighted by Gasteiger charge is -2.23. The van der Waals surface area contributed by atoms with Gasteiger partial charge in [0.05, 0.1) is 30.9 Å². The van der Waals surface area contributed by atoms with Crippen LogP contribution in [0.4, 0.5) is 13.6 Å². The monoisotopic (exact) mass is 531 g/mol. The molecule has 1 aromatic heterocycles. The summed E-state index contributed by atoms with van der Waals surface area (Å²) >= 11 is 0. The second kappa shape index (κ2) is 9.68. The number of carbonyl (C=O) groups is 2. The second-order valence-electron chi connectivity index (χ2n) is 10.1. The van der Waals surface area contributed by atoms with Gasteiger partial charge in [0, 0.05) is 35.5 Å². The largest absolute Gasteiger partial charge is 0.497 e. The van der Waals surface area contributed by atoms with Crippen LogP contribution >= 0.6 is 0 Å². The van der Waals surface area contributed by atoms with Crippen LogP contribution in [0.25, 0.3) is 10.9 Å². The number of amides is 3. The molecule has 4 aromatic rings. The third-order valence-corrected chi connectivity index (χ3v) is 7.60. The second-order valence-corrected chi connectivity index (χ2v) is 10.1. The van der Waals surface area contributed by atoms with Gasteiger partial charge in [0.1, 0.15) is 23.4 Å². The zero-order valence-electron chi connectivity index (χ0n) is 21.2. The highest BCUT2D eigenvalue weighted by Gasteiger charge is 2.47. The van der Waals surface area contributed by atoms with E-state index < -0.39 is 41.1 Å². The number of ether oxygens (including phenoxy) is 1. The van der Waals surface area contributed by atoms with Gasteiger partial charge < -0.3 is 20.7 Å². The van der Waals surface area contributed by atoms with Crippen LogP contribution in [-0.4, -0.2) is 41.4 Å². The molecule has 6 rings (SSSR count). The third kappa shape index (κ3) is 4.67. The van der Waals surface area contributed by atoms with Gasteiger partial charge in [0.2, 0.25) is 5.91 Å². The van der Waals surface area contributed by atoms with Gasteiger partial charge in [-0.2, -0.15) is 5.10 Å². The number of hydrogen-bond acceptors (Lipinski definition) is 4. The molecule has 2 aliphatic rings. The van der Waals surface area contributed by atoms with E-state index in [0.29, 0.717) is 6.54 Å². The van der Waals surface area contributed by atoms with Crippen LogP contribution in [0.5, 0.6) is 5.75 Å². The first-order valence-electron chi connectivity index (χ1n) is 12.8.